The van der Waals surface area contributed by atoms with Crippen LogP contribution in [0.15, 0.2) is 42.5 Å². The van der Waals surface area contributed by atoms with Gasteiger partial charge in [0.2, 0.25) is 5.91 Å². The predicted octanol–water partition coefficient (Wildman–Crippen LogP) is 4.20. The van der Waals surface area contributed by atoms with Gasteiger partial charge in [0.25, 0.3) is 0 Å². The van der Waals surface area contributed by atoms with Crippen LogP contribution in [-0.4, -0.2) is 30.4 Å². The van der Waals surface area contributed by atoms with E-state index in [1.807, 2.05) is 44.2 Å². The van der Waals surface area contributed by atoms with Crippen LogP contribution in [0, 0.1) is 13.8 Å². The van der Waals surface area contributed by atoms with Crippen LogP contribution in [0.1, 0.15) is 30.5 Å². The highest BCUT2D eigenvalue weighted by molar-refractivity contribution is 5.94. The summed E-state index contributed by atoms with van der Waals surface area (Å²) in [7, 11) is 0. The van der Waals surface area contributed by atoms with Crippen molar-refractivity contribution in [1.82, 2.24) is 4.90 Å². The van der Waals surface area contributed by atoms with Gasteiger partial charge in [0.15, 0.2) is 0 Å². The van der Waals surface area contributed by atoms with Crippen LogP contribution in [0.5, 0.6) is 0 Å². The summed E-state index contributed by atoms with van der Waals surface area (Å²) in [5.41, 5.74) is 5.37. The van der Waals surface area contributed by atoms with Gasteiger partial charge in [-0.1, -0.05) is 49.7 Å². The molecule has 0 aliphatic rings. The molecule has 0 fully saturated rings. The van der Waals surface area contributed by atoms with Crippen molar-refractivity contribution in [1.29, 1.82) is 0 Å². The van der Waals surface area contributed by atoms with Crippen LogP contribution in [0.4, 0.5) is 11.4 Å². The van der Waals surface area contributed by atoms with Crippen LogP contribution in [0.25, 0.3) is 0 Å². The minimum atomic E-state index is -0.0374. The topological polar surface area (TPSA) is 44.4 Å². The molecule has 0 aromatic heterocycles. The third-order valence-corrected chi connectivity index (χ3v) is 4.40. The third kappa shape index (κ3) is 5.61. The molecule has 0 aliphatic carbocycles. The largest absolute Gasteiger partial charge is 0.376 e. The molecule has 0 unspecified atom stereocenters. The molecular formula is C21H29N3O. The van der Waals surface area contributed by atoms with E-state index in [0.29, 0.717) is 0 Å². The Labute approximate surface area is 151 Å². The third-order valence-electron chi connectivity index (χ3n) is 4.40. The second-order valence-corrected chi connectivity index (χ2v) is 6.34. The number of benzene rings is 2. The van der Waals surface area contributed by atoms with Crippen molar-refractivity contribution in [3.63, 3.8) is 0 Å². The van der Waals surface area contributed by atoms with Gasteiger partial charge in [-0.25, -0.2) is 0 Å². The van der Waals surface area contributed by atoms with Crippen molar-refractivity contribution in [3.8, 4) is 0 Å². The summed E-state index contributed by atoms with van der Waals surface area (Å²) in [6, 6.07) is 14.2. The van der Waals surface area contributed by atoms with Crippen LogP contribution < -0.4 is 10.6 Å². The average molecular weight is 339 g/mol. The van der Waals surface area contributed by atoms with E-state index >= 15 is 0 Å². The van der Waals surface area contributed by atoms with Crippen molar-refractivity contribution < 1.29 is 4.79 Å². The van der Waals surface area contributed by atoms with Gasteiger partial charge < -0.3 is 10.6 Å². The normalized spacial score (nSPS) is 10.8. The maximum Gasteiger partial charge on any atom is 0.243 e. The van der Waals surface area contributed by atoms with E-state index in [4.69, 9.17) is 0 Å². The Balaban J connectivity index is 1.97. The fourth-order valence-corrected chi connectivity index (χ4v) is 2.84. The Kier molecular flexibility index (Phi) is 7.02. The number of nitrogens with zero attached hydrogens (tertiary/aromatic N) is 1. The van der Waals surface area contributed by atoms with E-state index in [1.54, 1.807) is 0 Å². The van der Waals surface area contributed by atoms with Gasteiger partial charge in [-0.2, -0.15) is 0 Å². The van der Waals surface area contributed by atoms with Crippen LogP contribution in [-0.2, 0) is 11.3 Å². The molecule has 0 aliphatic heterocycles. The van der Waals surface area contributed by atoms with E-state index in [2.05, 4.69) is 41.5 Å². The minimum Gasteiger partial charge on any atom is -0.376 e. The second-order valence-electron chi connectivity index (χ2n) is 6.34. The highest BCUT2D eigenvalue weighted by Crippen LogP contribution is 2.18. The summed E-state index contributed by atoms with van der Waals surface area (Å²) in [4.78, 5) is 14.6. The van der Waals surface area contributed by atoms with Gasteiger partial charge in [0, 0.05) is 17.9 Å². The fraction of sp³-hybridized carbons (Fsp3) is 0.381. The number of nitrogens with one attached hydrogen (secondary N) is 2. The molecule has 4 nitrogen and oxygen atoms in total. The quantitative estimate of drug-likeness (QED) is 0.758. The predicted molar refractivity (Wildman–Crippen MR) is 106 cm³/mol. The monoisotopic (exact) mass is 339 g/mol. The number of amides is 1. The number of rotatable bonds is 8. The number of para-hydroxylation sites is 1. The van der Waals surface area contributed by atoms with Gasteiger partial charge >= 0.3 is 0 Å². The molecule has 2 aromatic carbocycles. The van der Waals surface area contributed by atoms with Crippen LogP contribution in [0.2, 0.25) is 0 Å². The molecule has 0 saturated heterocycles. The number of hydrogen-bond acceptors (Lipinski definition) is 3. The molecule has 134 valence electrons. The molecule has 0 atom stereocenters. The first-order valence-electron chi connectivity index (χ1n) is 8.94. The van der Waals surface area contributed by atoms with E-state index in [-0.39, 0.29) is 12.5 Å². The fourth-order valence-electron chi connectivity index (χ4n) is 2.84. The molecule has 4 heteroatoms. The molecule has 0 bridgehead atoms. The van der Waals surface area contributed by atoms with E-state index in [9.17, 15) is 4.79 Å². The number of hydrogen-bond donors (Lipinski definition) is 2. The van der Waals surface area contributed by atoms with Gasteiger partial charge in [-0.05, 0) is 50.2 Å². The number of anilines is 2. The summed E-state index contributed by atoms with van der Waals surface area (Å²) in [5, 5.41) is 6.26. The minimum absolute atomic E-state index is 0.0374. The first-order chi connectivity index (χ1) is 12.0. The van der Waals surface area contributed by atoms with Crippen molar-refractivity contribution in [2.45, 2.75) is 34.2 Å². The lowest BCUT2D eigenvalue weighted by molar-refractivity contribution is -0.114. The van der Waals surface area contributed by atoms with Gasteiger partial charge in [0.05, 0.1) is 6.54 Å². The zero-order valence-electron chi connectivity index (χ0n) is 15.7. The van der Waals surface area contributed by atoms with E-state index < -0.39 is 0 Å². The van der Waals surface area contributed by atoms with Gasteiger partial charge in [-0.3, -0.25) is 9.69 Å². The van der Waals surface area contributed by atoms with Crippen molar-refractivity contribution in [2.24, 2.45) is 0 Å². The summed E-state index contributed by atoms with van der Waals surface area (Å²) in [6.45, 7) is 11.5. The molecule has 2 aromatic rings. The molecule has 2 rings (SSSR count). The Morgan fingerprint density at radius 2 is 1.72 bits per heavy atom. The maximum atomic E-state index is 12.3. The van der Waals surface area contributed by atoms with Crippen LogP contribution >= 0.6 is 0 Å². The smallest absolute Gasteiger partial charge is 0.243 e. The molecule has 25 heavy (non-hydrogen) atoms. The van der Waals surface area contributed by atoms with Crippen LogP contribution in [0.3, 0.4) is 0 Å². The van der Waals surface area contributed by atoms with E-state index in [1.165, 1.54) is 11.1 Å². The number of aryl methyl sites for hydroxylation is 2. The summed E-state index contributed by atoms with van der Waals surface area (Å²) in [6.07, 6.45) is 0. The van der Waals surface area contributed by atoms with Crippen molar-refractivity contribution in [3.05, 3.63) is 59.2 Å². The van der Waals surface area contributed by atoms with Gasteiger partial charge in [-0.15, -0.1) is 0 Å². The lowest BCUT2D eigenvalue weighted by Gasteiger charge is -2.20. The summed E-state index contributed by atoms with van der Waals surface area (Å²) < 4.78 is 0. The average Bonchev–Trinajstić information content (AvgIpc) is 2.61. The zero-order chi connectivity index (χ0) is 18.2. The van der Waals surface area contributed by atoms with E-state index in [0.717, 1.165) is 36.6 Å². The zero-order valence-corrected chi connectivity index (χ0v) is 15.7. The SMILES string of the molecule is CCN(CC)Cc1ccccc1NCC(=O)Nc1ccc(C)cc1C. The Hall–Kier alpha value is -2.33. The standard InChI is InChI=1S/C21H29N3O/c1-5-24(6-2)15-18-9-7-8-10-20(18)22-14-21(25)23-19-12-11-16(3)13-17(19)4/h7-13,22H,5-6,14-15H2,1-4H3,(H,23,25). The highest BCUT2D eigenvalue weighted by Gasteiger charge is 2.09. The van der Waals surface area contributed by atoms with Crippen molar-refractivity contribution in [2.75, 3.05) is 30.3 Å². The first kappa shape index (κ1) is 19.0. The summed E-state index contributed by atoms with van der Waals surface area (Å²) >= 11 is 0. The Morgan fingerprint density at radius 3 is 2.40 bits per heavy atom. The molecule has 0 spiro atoms. The number of carbonyl (C=O) groups is 1. The van der Waals surface area contributed by atoms with Gasteiger partial charge in [0.1, 0.15) is 0 Å². The van der Waals surface area contributed by atoms with Crippen molar-refractivity contribution >= 4 is 17.3 Å². The number of carbonyl (C=O) groups excluding carboxylic acids is 1. The highest BCUT2D eigenvalue weighted by atomic mass is 16.1. The lowest BCUT2D eigenvalue weighted by Crippen LogP contribution is -2.25. The molecule has 0 saturated carbocycles. The second kappa shape index (κ2) is 9.23. The molecule has 1 amide bonds. The Morgan fingerprint density at radius 1 is 1.00 bits per heavy atom. The maximum absolute atomic E-state index is 12.3. The molecule has 0 radical (unpaired) electrons. The molecule has 2 N–H and O–H groups in total. The first-order valence-corrected chi connectivity index (χ1v) is 8.94. The summed E-state index contributed by atoms with van der Waals surface area (Å²) in [5.74, 6) is -0.0374. The Bertz CT molecular complexity index is 708. The molecule has 0 heterocycles. The lowest BCUT2D eigenvalue weighted by atomic mass is 10.1. The molecular weight excluding hydrogens is 310 g/mol.